The summed E-state index contributed by atoms with van der Waals surface area (Å²) in [6, 6.07) is 20.9. The third kappa shape index (κ3) is 4.81. The van der Waals surface area contributed by atoms with Gasteiger partial charge in [0.05, 0.1) is 11.7 Å². The normalized spacial score (nSPS) is 15.3. The van der Waals surface area contributed by atoms with Crippen LogP contribution in [0.15, 0.2) is 73.1 Å². The monoisotopic (exact) mass is 438 g/mol. The highest BCUT2D eigenvalue weighted by atomic mass is 15.2. The van der Waals surface area contributed by atoms with Crippen molar-refractivity contribution < 1.29 is 0 Å². The average molecular weight is 439 g/mol. The summed E-state index contributed by atoms with van der Waals surface area (Å²) >= 11 is 0. The Bertz CT molecular complexity index is 1190. The number of benzene rings is 2. The summed E-state index contributed by atoms with van der Waals surface area (Å²) < 4.78 is 2.11. The molecule has 4 aromatic rings. The Morgan fingerprint density at radius 3 is 2.48 bits per heavy atom. The van der Waals surface area contributed by atoms with Crippen molar-refractivity contribution in [2.45, 2.75) is 38.6 Å². The molecule has 6 nitrogen and oxygen atoms in total. The number of aryl methyl sites for hydroxylation is 1. The number of aromatic nitrogens is 4. The number of anilines is 1. The molecule has 0 amide bonds. The Labute approximate surface area is 195 Å². The number of rotatable bonds is 6. The predicted octanol–water partition coefficient (Wildman–Crippen LogP) is 5.28. The summed E-state index contributed by atoms with van der Waals surface area (Å²) in [7, 11) is 0. The second-order valence-corrected chi connectivity index (χ2v) is 8.76. The zero-order valence-electron chi connectivity index (χ0n) is 19.2. The van der Waals surface area contributed by atoms with Gasteiger partial charge in [0.2, 0.25) is 5.95 Å². The summed E-state index contributed by atoms with van der Waals surface area (Å²) in [5, 5.41) is 6.89. The fourth-order valence-corrected chi connectivity index (χ4v) is 4.37. The first-order chi connectivity index (χ1) is 16.2. The molecule has 1 aliphatic rings. The van der Waals surface area contributed by atoms with Crippen molar-refractivity contribution in [2.75, 3.05) is 18.4 Å². The van der Waals surface area contributed by atoms with Crippen molar-refractivity contribution in [3.63, 3.8) is 0 Å². The SMILES string of the molecule is Cc1ccc(-c2nc(C3CCNCC3)cn2-c2ccnc(N[C@@H](C)c3ccccc3)n2)cc1. The smallest absolute Gasteiger partial charge is 0.225 e. The quantitative estimate of drug-likeness (QED) is 0.429. The van der Waals surface area contributed by atoms with Crippen LogP contribution in [0.2, 0.25) is 0 Å². The molecule has 1 saturated heterocycles. The molecule has 0 spiro atoms. The van der Waals surface area contributed by atoms with Crippen LogP contribution in [0.25, 0.3) is 17.2 Å². The Balaban J connectivity index is 1.50. The number of piperidine rings is 1. The Hall–Kier alpha value is -3.51. The molecular formula is C27H30N6. The minimum atomic E-state index is 0.103. The largest absolute Gasteiger partial charge is 0.348 e. The van der Waals surface area contributed by atoms with E-state index in [4.69, 9.17) is 9.97 Å². The molecule has 1 aliphatic heterocycles. The lowest BCUT2D eigenvalue weighted by molar-refractivity contribution is 0.454. The second kappa shape index (κ2) is 9.55. The van der Waals surface area contributed by atoms with Crippen molar-refractivity contribution in [3.8, 4) is 17.2 Å². The molecule has 5 rings (SSSR count). The van der Waals surface area contributed by atoms with E-state index in [0.29, 0.717) is 11.9 Å². The van der Waals surface area contributed by atoms with Crippen molar-refractivity contribution in [1.82, 2.24) is 24.8 Å². The van der Waals surface area contributed by atoms with Gasteiger partial charge in [0, 0.05) is 23.9 Å². The Kier molecular flexibility index (Phi) is 6.17. The highest BCUT2D eigenvalue weighted by molar-refractivity contribution is 5.59. The van der Waals surface area contributed by atoms with Crippen LogP contribution in [-0.4, -0.2) is 32.6 Å². The molecule has 33 heavy (non-hydrogen) atoms. The third-order valence-electron chi connectivity index (χ3n) is 6.32. The first kappa shape index (κ1) is 21.3. The molecule has 168 valence electrons. The van der Waals surface area contributed by atoms with Crippen LogP contribution in [0.1, 0.15) is 48.5 Å². The Morgan fingerprint density at radius 1 is 0.970 bits per heavy atom. The minimum absolute atomic E-state index is 0.103. The van der Waals surface area contributed by atoms with Crippen molar-refractivity contribution in [2.24, 2.45) is 0 Å². The second-order valence-electron chi connectivity index (χ2n) is 8.76. The van der Waals surface area contributed by atoms with E-state index in [1.54, 1.807) is 0 Å². The highest BCUT2D eigenvalue weighted by Gasteiger charge is 2.21. The van der Waals surface area contributed by atoms with Crippen molar-refractivity contribution >= 4 is 5.95 Å². The molecule has 0 unspecified atom stereocenters. The zero-order chi connectivity index (χ0) is 22.6. The van der Waals surface area contributed by atoms with Gasteiger partial charge in [0.25, 0.3) is 0 Å². The van der Waals surface area contributed by atoms with E-state index >= 15 is 0 Å². The fourth-order valence-electron chi connectivity index (χ4n) is 4.37. The van der Waals surface area contributed by atoms with Gasteiger partial charge in [-0.25, -0.2) is 9.97 Å². The van der Waals surface area contributed by atoms with Crippen LogP contribution in [0.4, 0.5) is 5.95 Å². The molecule has 1 fully saturated rings. The van der Waals surface area contributed by atoms with Gasteiger partial charge in [-0.1, -0.05) is 60.2 Å². The highest BCUT2D eigenvalue weighted by Crippen LogP contribution is 2.30. The van der Waals surface area contributed by atoms with E-state index in [1.807, 2.05) is 30.5 Å². The zero-order valence-corrected chi connectivity index (χ0v) is 19.2. The number of nitrogens with zero attached hydrogens (tertiary/aromatic N) is 4. The molecule has 0 radical (unpaired) electrons. The number of hydrogen-bond donors (Lipinski definition) is 2. The predicted molar refractivity (Wildman–Crippen MR) is 133 cm³/mol. The Morgan fingerprint density at radius 2 is 1.73 bits per heavy atom. The molecule has 6 heteroatoms. The van der Waals surface area contributed by atoms with E-state index < -0.39 is 0 Å². The number of nitrogens with one attached hydrogen (secondary N) is 2. The molecule has 1 atom stereocenters. The van der Waals surface area contributed by atoms with E-state index in [9.17, 15) is 0 Å². The van der Waals surface area contributed by atoms with E-state index in [1.165, 1.54) is 11.1 Å². The van der Waals surface area contributed by atoms with E-state index in [2.05, 4.69) is 76.6 Å². The lowest BCUT2D eigenvalue weighted by atomic mass is 9.95. The number of imidazole rings is 1. The van der Waals surface area contributed by atoms with Crippen LogP contribution in [0.3, 0.4) is 0 Å². The first-order valence-corrected chi connectivity index (χ1v) is 11.7. The van der Waals surface area contributed by atoms with Crippen molar-refractivity contribution in [1.29, 1.82) is 0 Å². The fraction of sp³-hybridized carbons (Fsp3) is 0.296. The molecule has 2 aromatic carbocycles. The minimum Gasteiger partial charge on any atom is -0.348 e. The molecule has 3 heterocycles. The molecule has 0 aliphatic carbocycles. The van der Waals surface area contributed by atoms with Crippen LogP contribution < -0.4 is 10.6 Å². The summed E-state index contributed by atoms with van der Waals surface area (Å²) in [4.78, 5) is 14.4. The summed E-state index contributed by atoms with van der Waals surface area (Å²) in [6.45, 7) is 6.30. The third-order valence-corrected chi connectivity index (χ3v) is 6.32. The maximum absolute atomic E-state index is 5.10. The van der Waals surface area contributed by atoms with Gasteiger partial charge < -0.3 is 10.6 Å². The van der Waals surface area contributed by atoms with Crippen LogP contribution in [-0.2, 0) is 0 Å². The van der Waals surface area contributed by atoms with Gasteiger partial charge in [0.15, 0.2) is 0 Å². The molecular weight excluding hydrogens is 408 g/mol. The van der Waals surface area contributed by atoms with E-state index in [-0.39, 0.29) is 6.04 Å². The van der Waals surface area contributed by atoms with Gasteiger partial charge in [-0.05, 0) is 51.4 Å². The van der Waals surface area contributed by atoms with Gasteiger partial charge in [0.1, 0.15) is 11.6 Å². The van der Waals surface area contributed by atoms with Crippen LogP contribution in [0.5, 0.6) is 0 Å². The van der Waals surface area contributed by atoms with Gasteiger partial charge in [-0.15, -0.1) is 0 Å². The lowest BCUT2D eigenvalue weighted by Crippen LogP contribution is -2.26. The maximum atomic E-state index is 5.10. The van der Waals surface area contributed by atoms with Gasteiger partial charge in [-0.2, -0.15) is 4.98 Å². The topological polar surface area (TPSA) is 67.7 Å². The van der Waals surface area contributed by atoms with Crippen LogP contribution in [0, 0.1) is 6.92 Å². The molecule has 0 saturated carbocycles. The van der Waals surface area contributed by atoms with Crippen LogP contribution >= 0.6 is 0 Å². The first-order valence-electron chi connectivity index (χ1n) is 11.7. The summed E-state index contributed by atoms with van der Waals surface area (Å²) in [6.07, 6.45) is 6.19. The van der Waals surface area contributed by atoms with E-state index in [0.717, 1.165) is 48.8 Å². The molecule has 0 bridgehead atoms. The average Bonchev–Trinajstić information content (AvgIpc) is 3.31. The number of hydrogen-bond acceptors (Lipinski definition) is 5. The molecule has 2 aromatic heterocycles. The summed E-state index contributed by atoms with van der Waals surface area (Å²) in [5.74, 6) is 2.81. The van der Waals surface area contributed by atoms with Gasteiger partial charge in [-0.3, -0.25) is 4.57 Å². The van der Waals surface area contributed by atoms with Crippen molar-refractivity contribution in [3.05, 3.63) is 89.9 Å². The van der Waals surface area contributed by atoms with Gasteiger partial charge >= 0.3 is 0 Å². The standard InChI is InChI=1S/C27H30N6/c1-19-8-10-23(11-9-19)26-31-24(22-12-15-28-16-13-22)18-33(26)25-14-17-29-27(32-25)30-20(2)21-6-4-3-5-7-21/h3-11,14,17-18,20,22,28H,12-13,15-16H2,1-2H3,(H,29,30,32)/t20-/m0/s1. The lowest BCUT2D eigenvalue weighted by Gasteiger charge is -2.20. The molecule has 2 N–H and O–H groups in total. The maximum Gasteiger partial charge on any atom is 0.225 e. The summed E-state index contributed by atoms with van der Waals surface area (Å²) in [5.41, 5.74) is 4.66.